The van der Waals surface area contributed by atoms with E-state index in [1.807, 2.05) is 36.4 Å². The van der Waals surface area contributed by atoms with Crippen LogP contribution in [0.2, 0.25) is 0 Å². The smallest absolute Gasteiger partial charge is 0.296 e. The Morgan fingerprint density at radius 1 is 1.11 bits per heavy atom. The first kappa shape index (κ1) is 25.0. The van der Waals surface area contributed by atoms with Gasteiger partial charge in [0.1, 0.15) is 5.75 Å². The van der Waals surface area contributed by atoms with Crippen LogP contribution in [0.3, 0.4) is 0 Å². The van der Waals surface area contributed by atoms with Crippen molar-refractivity contribution in [3.63, 3.8) is 0 Å². The lowest BCUT2D eigenvalue weighted by molar-refractivity contribution is -0.117. The Morgan fingerprint density at radius 2 is 1.89 bits per heavy atom. The summed E-state index contributed by atoms with van der Waals surface area (Å²) in [4.78, 5) is 32.8. The largest absolute Gasteiger partial charge is 0.504 e. The Hall–Kier alpha value is -4.63. The summed E-state index contributed by atoms with van der Waals surface area (Å²) in [5.41, 5.74) is 1.81. The van der Waals surface area contributed by atoms with Crippen molar-refractivity contribution in [2.24, 2.45) is 0 Å². The molecule has 2 N–H and O–H groups in total. The Morgan fingerprint density at radius 3 is 2.63 bits per heavy atom. The Kier molecular flexibility index (Phi) is 6.85. The first-order valence-electron chi connectivity index (χ1n) is 11.9. The standard InChI is InChI=1S/C29H24N2O6S/c1-3-37-23-15-18(10-14-21(23)32)26-25(22(33)13-9-17-7-5-4-6-8-17)27(34)28(35)31(26)29-30-20-12-11-19(36-2)16-24(20)38-29/h4-16,26,32,34H,3H2,1-2H3. The molecule has 0 saturated heterocycles. The van der Waals surface area contributed by atoms with E-state index >= 15 is 0 Å². The zero-order valence-electron chi connectivity index (χ0n) is 20.6. The molecule has 2 heterocycles. The van der Waals surface area contributed by atoms with Gasteiger partial charge >= 0.3 is 0 Å². The maximum Gasteiger partial charge on any atom is 0.296 e. The molecule has 0 bridgehead atoms. The molecule has 1 atom stereocenters. The van der Waals surface area contributed by atoms with Gasteiger partial charge in [-0.15, -0.1) is 0 Å². The molecular formula is C29H24N2O6S. The molecule has 9 heteroatoms. The van der Waals surface area contributed by atoms with Crippen LogP contribution in [-0.4, -0.2) is 40.6 Å². The third-order valence-corrected chi connectivity index (χ3v) is 7.11. The number of phenolic OH excluding ortho intramolecular Hbond substituents is 1. The number of amides is 1. The molecule has 5 rings (SSSR count). The lowest BCUT2D eigenvalue weighted by Gasteiger charge is -2.24. The van der Waals surface area contributed by atoms with Gasteiger partial charge in [0.15, 0.2) is 28.2 Å². The second kappa shape index (κ2) is 10.4. The van der Waals surface area contributed by atoms with Crippen LogP contribution in [0.25, 0.3) is 16.3 Å². The lowest BCUT2D eigenvalue weighted by Crippen LogP contribution is -2.30. The minimum absolute atomic E-state index is 0.0800. The lowest BCUT2D eigenvalue weighted by atomic mass is 9.95. The van der Waals surface area contributed by atoms with Crippen molar-refractivity contribution in [1.29, 1.82) is 0 Å². The molecule has 3 aromatic carbocycles. The van der Waals surface area contributed by atoms with Gasteiger partial charge < -0.3 is 19.7 Å². The summed E-state index contributed by atoms with van der Waals surface area (Å²) in [6.07, 6.45) is 2.96. The minimum Gasteiger partial charge on any atom is -0.504 e. The molecular weight excluding hydrogens is 504 g/mol. The van der Waals surface area contributed by atoms with Crippen LogP contribution in [0.5, 0.6) is 17.2 Å². The average Bonchev–Trinajstić information content (AvgIpc) is 3.46. The molecule has 1 amide bonds. The van der Waals surface area contributed by atoms with Crippen molar-refractivity contribution < 1.29 is 29.3 Å². The predicted octanol–water partition coefficient (Wildman–Crippen LogP) is 5.59. The van der Waals surface area contributed by atoms with Gasteiger partial charge in [-0.1, -0.05) is 53.8 Å². The van der Waals surface area contributed by atoms with Crippen LogP contribution in [0.15, 0.2) is 84.1 Å². The summed E-state index contributed by atoms with van der Waals surface area (Å²) in [6, 6.07) is 18.2. The van der Waals surface area contributed by atoms with Crippen LogP contribution < -0.4 is 14.4 Å². The van der Waals surface area contributed by atoms with Crippen molar-refractivity contribution in [2.45, 2.75) is 13.0 Å². The van der Waals surface area contributed by atoms with E-state index < -0.39 is 23.5 Å². The summed E-state index contributed by atoms with van der Waals surface area (Å²) in [5, 5.41) is 21.5. The van der Waals surface area contributed by atoms with Gasteiger partial charge in [0.05, 0.1) is 35.5 Å². The van der Waals surface area contributed by atoms with E-state index in [1.54, 1.807) is 44.4 Å². The Labute approximate surface area is 222 Å². The number of carbonyl (C=O) groups is 2. The number of aromatic hydroxyl groups is 1. The third kappa shape index (κ3) is 4.59. The molecule has 192 valence electrons. The molecule has 38 heavy (non-hydrogen) atoms. The number of fused-ring (bicyclic) bond motifs is 1. The van der Waals surface area contributed by atoms with Crippen LogP contribution in [0.1, 0.15) is 24.1 Å². The number of hydrogen-bond donors (Lipinski definition) is 2. The van der Waals surface area contributed by atoms with Gasteiger partial charge in [0.25, 0.3) is 5.91 Å². The average molecular weight is 529 g/mol. The molecule has 1 aliphatic rings. The van der Waals surface area contributed by atoms with Gasteiger partial charge in [-0.25, -0.2) is 4.98 Å². The summed E-state index contributed by atoms with van der Waals surface area (Å²) in [5.74, 6) is -1.17. The number of aliphatic hydroxyl groups is 1. The van der Waals surface area contributed by atoms with E-state index in [2.05, 4.69) is 4.98 Å². The van der Waals surface area contributed by atoms with E-state index in [9.17, 15) is 19.8 Å². The number of anilines is 1. The first-order valence-corrected chi connectivity index (χ1v) is 12.7. The summed E-state index contributed by atoms with van der Waals surface area (Å²) in [6.45, 7) is 2.08. The normalized spacial score (nSPS) is 15.6. The number of aliphatic hydroxyl groups excluding tert-OH is 1. The molecule has 4 aromatic rings. The third-order valence-electron chi connectivity index (χ3n) is 6.09. The van der Waals surface area contributed by atoms with E-state index in [4.69, 9.17) is 9.47 Å². The number of ketones is 1. The monoisotopic (exact) mass is 528 g/mol. The second-order valence-electron chi connectivity index (χ2n) is 8.44. The number of benzene rings is 3. The Balaban J connectivity index is 1.63. The van der Waals surface area contributed by atoms with Crippen molar-refractivity contribution >= 4 is 44.5 Å². The quantitative estimate of drug-likeness (QED) is 0.287. The van der Waals surface area contributed by atoms with Crippen LogP contribution in [0, 0.1) is 0 Å². The predicted molar refractivity (Wildman–Crippen MR) is 146 cm³/mol. The minimum atomic E-state index is -1.00. The number of thiazole rings is 1. The van der Waals surface area contributed by atoms with E-state index in [0.717, 1.165) is 10.3 Å². The van der Waals surface area contributed by atoms with Crippen molar-refractivity contribution in [1.82, 2.24) is 4.98 Å². The highest BCUT2D eigenvalue weighted by Gasteiger charge is 2.45. The number of ether oxygens (including phenoxy) is 2. The summed E-state index contributed by atoms with van der Waals surface area (Å²) < 4.78 is 11.6. The van der Waals surface area contributed by atoms with Crippen molar-refractivity contribution in [3.05, 3.63) is 95.3 Å². The van der Waals surface area contributed by atoms with E-state index in [-0.39, 0.29) is 17.1 Å². The number of hydrogen-bond acceptors (Lipinski definition) is 8. The zero-order valence-corrected chi connectivity index (χ0v) is 21.4. The number of aromatic nitrogens is 1. The van der Waals surface area contributed by atoms with Gasteiger partial charge in [0, 0.05) is 0 Å². The van der Waals surface area contributed by atoms with Crippen LogP contribution >= 0.6 is 11.3 Å². The molecule has 0 spiro atoms. The van der Waals surface area contributed by atoms with Gasteiger partial charge in [-0.05, 0) is 54.5 Å². The molecule has 0 saturated carbocycles. The fourth-order valence-corrected chi connectivity index (χ4v) is 5.31. The van der Waals surface area contributed by atoms with Gasteiger partial charge in [-0.3, -0.25) is 14.5 Å². The first-order chi connectivity index (χ1) is 18.4. The number of allylic oxidation sites excluding steroid dienone is 1. The number of phenols is 1. The van der Waals surface area contributed by atoms with Gasteiger partial charge in [-0.2, -0.15) is 0 Å². The SMILES string of the molecule is CCOc1cc(C2C(C(=O)C=Cc3ccccc3)=C(O)C(=O)N2c2nc3ccc(OC)cc3s2)ccc1O. The van der Waals surface area contributed by atoms with Crippen LogP contribution in [-0.2, 0) is 9.59 Å². The van der Waals surface area contributed by atoms with E-state index in [0.29, 0.717) is 28.6 Å². The molecule has 1 unspecified atom stereocenters. The zero-order chi connectivity index (χ0) is 26.8. The Bertz CT molecular complexity index is 1590. The summed E-state index contributed by atoms with van der Waals surface area (Å²) >= 11 is 1.24. The highest BCUT2D eigenvalue weighted by atomic mass is 32.1. The maximum absolute atomic E-state index is 13.5. The van der Waals surface area contributed by atoms with Gasteiger partial charge in [0.2, 0.25) is 0 Å². The van der Waals surface area contributed by atoms with Crippen molar-refractivity contribution in [3.8, 4) is 17.2 Å². The summed E-state index contributed by atoms with van der Waals surface area (Å²) in [7, 11) is 1.56. The number of methoxy groups -OCH3 is 1. The number of rotatable bonds is 8. The highest BCUT2D eigenvalue weighted by molar-refractivity contribution is 7.22. The van der Waals surface area contributed by atoms with Crippen molar-refractivity contribution in [2.75, 3.05) is 18.6 Å². The van der Waals surface area contributed by atoms with E-state index in [1.165, 1.54) is 28.4 Å². The molecule has 8 nitrogen and oxygen atoms in total. The number of carbonyl (C=O) groups excluding carboxylic acids is 2. The second-order valence-corrected chi connectivity index (χ2v) is 9.45. The molecule has 0 fully saturated rings. The fraction of sp³-hybridized carbons (Fsp3) is 0.138. The molecule has 1 aromatic heterocycles. The highest BCUT2D eigenvalue weighted by Crippen LogP contribution is 2.45. The molecule has 1 aliphatic heterocycles. The number of nitrogens with zero attached hydrogens (tertiary/aromatic N) is 2. The fourth-order valence-electron chi connectivity index (χ4n) is 4.29. The molecule has 0 radical (unpaired) electrons. The molecule has 0 aliphatic carbocycles. The van der Waals surface area contributed by atoms with Crippen LogP contribution in [0.4, 0.5) is 5.13 Å². The topological polar surface area (TPSA) is 109 Å². The maximum atomic E-state index is 13.5.